The molecule has 1 aromatic heterocycles. The van der Waals surface area contributed by atoms with Crippen LogP contribution in [0.15, 0.2) is 28.8 Å². The van der Waals surface area contributed by atoms with Gasteiger partial charge >= 0.3 is 0 Å². The molecule has 96 valence electrons. The molecule has 5 heteroatoms. The van der Waals surface area contributed by atoms with Crippen LogP contribution in [0.5, 0.6) is 5.75 Å². The molecule has 0 aliphatic rings. The topological polar surface area (TPSA) is 57.4 Å². The zero-order valence-corrected chi connectivity index (χ0v) is 10.9. The van der Waals surface area contributed by atoms with E-state index in [0.717, 1.165) is 11.3 Å². The van der Waals surface area contributed by atoms with Crippen LogP contribution < -0.4 is 4.74 Å². The van der Waals surface area contributed by atoms with Crippen LogP contribution in [0.25, 0.3) is 11.4 Å². The monoisotopic (exact) mass is 248 g/mol. The van der Waals surface area contributed by atoms with Gasteiger partial charge in [0.05, 0.1) is 7.11 Å². The van der Waals surface area contributed by atoms with Crippen LogP contribution >= 0.6 is 0 Å². The van der Waals surface area contributed by atoms with E-state index in [4.69, 9.17) is 14.0 Å². The molecule has 0 aliphatic heterocycles. The van der Waals surface area contributed by atoms with E-state index in [1.807, 2.05) is 38.1 Å². The minimum absolute atomic E-state index is 0.454. The van der Waals surface area contributed by atoms with E-state index in [1.165, 1.54) is 0 Å². The smallest absolute Gasteiger partial charge is 0.258 e. The first-order valence-corrected chi connectivity index (χ1v) is 5.60. The number of rotatable bonds is 4. The van der Waals surface area contributed by atoms with Crippen LogP contribution in [-0.2, 0) is 10.3 Å². The van der Waals surface area contributed by atoms with Crippen molar-refractivity contribution in [2.45, 2.75) is 19.4 Å². The van der Waals surface area contributed by atoms with E-state index in [-0.39, 0.29) is 0 Å². The second-order valence-corrected chi connectivity index (χ2v) is 4.37. The number of hydrogen-bond acceptors (Lipinski definition) is 5. The Hall–Kier alpha value is -1.88. The van der Waals surface area contributed by atoms with E-state index in [9.17, 15) is 0 Å². The first-order chi connectivity index (χ1) is 8.56. The first kappa shape index (κ1) is 12.6. The minimum Gasteiger partial charge on any atom is -0.497 e. The predicted molar refractivity (Wildman–Crippen MR) is 66.3 cm³/mol. The molecule has 0 unspecified atom stereocenters. The number of benzene rings is 1. The lowest BCUT2D eigenvalue weighted by Crippen LogP contribution is -2.19. The zero-order chi connectivity index (χ0) is 13.2. The van der Waals surface area contributed by atoms with Gasteiger partial charge in [-0.25, -0.2) is 0 Å². The van der Waals surface area contributed by atoms with Gasteiger partial charge in [0.1, 0.15) is 11.4 Å². The van der Waals surface area contributed by atoms with E-state index in [1.54, 1.807) is 14.2 Å². The largest absolute Gasteiger partial charge is 0.497 e. The van der Waals surface area contributed by atoms with Crippen LogP contribution in [-0.4, -0.2) is 24.4 Å². The molecule has 0 bridgehead atoms. The van der Waals surface area contributed by atoms with Crippen molar-refractivity contribution in [1.29, 1.82) is 0 Å². The van der Waals surface area contributed by atoms with Crippen molar-refractivity contribution in [3.63, 3.8) is 0 Å². The van der Waals surface area contributed by atoms with Gasteiger partial charge in [0.15, 0.2) is 0 Å². The summed E-state index contributed by atoms with van der Waals surface area (Å²) in [5, 5.41) is 3.95. The number of hydrogen-bond donors (Lipinski definition) is 0. The SMILES string of the molecule is COc1ccc(-c2noc(C(C)(C)OC)n2)cc1. The van der Waals surface area contributed by atoms with Gasteiger partial charge in [0.2, 0.25) is 5.82 Å². The van der Waals surface area contributed by atoms with E-state index >= 15 is 0 Å². The fraction of sp³-hybridized carbons (Fsp3) is 0.385. The number of nitrogens with zero attached hydrogens (tertiary/aromatic N) is 2. The predicted octanol–water partition coefficient (Wildman–Crippen LogP) is 2.63. The third kappa shape index (κ3) is 2.36. The minimum atomic E-state index is -0.586. The van der Waals surface area contributed by atoms with Gasteiger partial charge in [-0.1, -0.05) is 5.16 Å². The Morgan fingerprint density at radius 1 is 1.11 bits per heavy atom. The van der Waals surface area contributed by atoms with Crippen LogP contribution in [0.3, 0.4) is 0 Å². The van der Waals surface area contributed by atoms with Gasteiger partial charge < -0.3 is 14.0 Å². The van der Waals surface area contributed by atoms with Crippen molar-refractivity contribution in [2.75, 3.05) is 14.2 Å². The Balaban J connectivity index is 2.29. The summed E-state index contributed by atoms with van der Waals surface area (Å²) >= 11 is 0. The summed E-state index contributed by atoms with van der Waals surface area (Å²) in [7, 11) is 3.24. The number of methoxy groups -OCH3 is 2. The molecule has 0 saturated heterocycles. The third-order valence-corrected chi connectivity index (χ3v) is 2.80. The molecule has 0 amide bonds. The Morgan fingerprint density at radius 3 is 2.33 bits per heavy atom. The van der Waals surface area contributed by atoms with Gasteiger partial charge in [-0.15, -0.1) is 0 Å². The standard InChI is InChI=1S/C13H16N2O3/c1-13(2,17-4)12-14-11(15-18-12)9-5-7-10(16-3)8-6-9/h5-8H,1-4H3. The quantitative estimate of drug-likeness (QED) is 0.832. The fourth-order valence-electron chi connectivity index (χ4n) is 1.41. The summed E-state index contributed by atoms with van der Waals surface area (Å²) in [6.07, 6.45) is 0. The lowest BCUT2D eigenvalue weighted by atomic mass is 10.1. The molecule has 0 aliphatic carbocycles. The van der Waals surface area contributed by atoms with Crippen molar-refractivity contribution in [1.82, 2.24) is 10.1 Å². The lowest BCUT2D eigenvalue weighted by molar-refractivity contribution is -0.00786. The molecular weight excluding hydrogens is 232 g/mol. The van der Waals surface area contributed by atoms with Gasteiger partial charge in [-0.05, 0) is 38.1 Å². The average molecular weight is 248 g/mol. The lowest BCUT2D eigenvalue weighted by Gasteiger charge is -2.16. The Morgan fingerprint density at radius 2 is 1.78 bits per heavy atom. The molecule has 0 N–H and O–H groups in total. The summed E-state index contributed by atoms with van der Waals surface area (Å²) in [4.78, 5) is 4.33. The molecular formula is C13H16N2O3. The Kier molecular flexibility index (Phi) is 3.34. The highest BCUT2D eigenvalue weighted by Gasteiger charge is 2.27. The average Bonchev–Trinajstić information content (AvgIpc) is 2.89. The van der Waals surface area contributed by atoms with Crippen molar-refractivity contribution in [2.24, 2.45) is 0 Å². The summed E-state index contributed by atoms with van der Waals surface area (Å²) in [5.74, 6) is 1.79. The van der Waals surface area contributed by atoms with Gasteiger partial charge in [-0.2, -0.15) is 4.98 Å². The van der Waals surface area contributed by atoms with Crippen LogP contribution in [0, 0.1) is 0 Å². The highest BCUT2D eigenvalue weighted by molar-refractivity contribution is 5.55. The van der Waals surface area contributed by atoms with E-state index in [0.29, 0.717) is 11.7 Å². The number of aromatic nitrogens is 2. The highest BCUT2D eigenvalue weighted by atomic mass is 16.5. The Bertz CT molecular complexity index is 517. The molecule has 0 atom stereocenters. The van der Waals surface area contributed by atoms with E-state index in [2.05, 4.69) is 10.1 Å². The summed E-state index contributed by atoms with van der Waals surface area (Å²) in [6.45, 7) is 3.75. The van der Waals surface area contributed by atoms with Crippen molar-refractivity contribution in [3.05, 3.63) is 30.2 Å². The second kappa shape index (κ2) is 4.78. The summed E-state index contributed by atoms with van der Waals surface area (Å²) < 4.78 is 15.6. The summed E-state index contributed by atoms with van der Waals surface area (Å²) in [5.41, 5.74) is 0.287. The molecule has 0 fully saturated rings. The van der Waals surface area contributed by atoms with Gasteiger partial charge in [0, 0.05) is 12.7 Å². The molecule has 2 rings (SSSR count). The van der Waals surface area contributed by atoms with E-state index < -0.39 is 5.60 Å². The zero-order valence-electron chi connectivity index (χ0n) is 10.9. The van der Waals surface area contributed by atoms with Crippen LogP contribution in [0.4, 0.5) is 0 Å². The highest BCUT2D eigenvalue weighted by Crippen LogP contribution is 2.25. The molecule has 5 nitrogen and oxygen atoms in total. The summed E-state index contributed by atoms with van der Waals surface area (Å²) in [6, 6.07) is 7.47. The third-order valence-electron chi connectivity index (χ3n) is 2.80. The Labute approximate surface area is 106 Å². The molecule has 18 heavy (non-hydrogen) atoms. The normalized spacial score (nSPS) is 11.6. The maximum Gasteiger partial charge on any atom is 0.258 e. The molecule has 2 aromatic rings. The van der Waals surface area contributed by atoms with Crippen molar-refractivity contribution < 1.29 is 14.0 Å². The van der Waals surface area contributed by atoms with Crippen LogP contribution in [0.2, 0.25) is 0 Å². The maximum atomic E-state index is 5.29. The molecule has 1 aromatic carbocycles. The fourth-order valence-corrected chi connectivity index (χ4v) is 1.41. The second-order valence-electron chi connectivity index (χ2n) is 4.37. The maximum absolute atomic E-state index is 5.29. The van der Waals surface area contributed by atoms with Gasteiger partial charge in [0.25, 0.3) is 5.89 Å². The van der Waals surface area contributed by atoms with Crippen molar-refractivity contribution in [3.8, 4) is 17.1 Å². The van der Waals surface area contributed by atoms with Gasteiger partial charge in [-0.3, -0.25) is 0 Å². The first-order valence-electron chi connectivity index (χ1n) is 5.60. The number of ether oxygens (including phenoxy) is 2. The van der Waals surface area contributed by atoms with Crippen LogP contribution in [0.1, 0.15) is 19.7 Å². The molecule has 0 radical (unpaired) electrons. The molecule has 1 heterocycles. The molecule has 0 saturated carbocycles. The molecule has 0 spiro atoms. The van der Waals surface area contributed by atoms with Crippen molar-refractivity contribution >= 4 is 0 Å².